The van der Waals surface area contributed by atoms with Crippen molar-refractivity contribution in [3.63, 3.8) is 0 Å². The molecule has 0 aliphatic heterocycles. The van der Waals surface area contributed by atoms with Crippen LogP contribution in [0.15, 0.2) is 15.7 Å². The van der Waals surface area contributed by atoms with Gasteiger partial charge in [0.25, 0.3) is 5.09 Å². The van der Waals surface area contributed by atoms with Crippen molar-refractivity contribution in [2.24, 2.45) is 0 Å². The van der Waals surface area contributed by atoms with Crippen LogP contribution >= 0.6 is 0 Å². The molecule has 4 nitrogen and oxygen atoms in total. The largest absolute Gasteiger partial charge is 0.368 e. The van der Waals surface area contributed by atoms with Crippen molar-refractivity contribution >= 4 is 10.2 Å². The highest BCUT2D eigenvalue weighted by Crippen LogP contribution is 2.34. The van der Waals surface area contributed by atoms with Crippen molar-refractivity contribution in [1.29, 1.82) is 0 Å². The first-order chi connectivity index (χ1) is 6.57. The summed E-state index contributed by atoms with van der Waals surface area (Å²) in [6.07, 6.45) is 4.15. The molecule has 1 aliphatic rings. The van der Waals surface area contributed by atoms with Crippen LogP contribution in [-0.2, 0) is 10.2 Å². The zero-order valence-corrected chi connectivity index (χ0v) is 8.26. The maximum atomic E-state index is 12.5. The Hall–Kier alpha value is -0.910. The molecule has 6 heteroatoms. The van der Waals surface area contributed by atoms with Crippen LogP contribution in [-0.4, -0.2) is 13.6 Å². The van der Waals surface area contributed by atoms with Gasteiger partial charge in [0.05, 0.1) is 5.69 Å². The molecule has 1 saturated carbocycles. The van der Waals surface area contributed by atoms with Crippen molar-refractivity contribution in [2.45, 2.75) is 36.7 Å². The van der Waals surface area contributed by atoms with E-state index in [0.717, 1.165) is 25.7 Å². The van der Waals surface area contributed by atoms with E-state index in [2.05, 4.69) is 9.68 Å². The monoisotopic (exact) mass is 219 g/mol. The Morgan fingerprint density at radius 2 is 2.07 bits per heavy atom. The van der Waals surface area contributed by atoms with E-state index in [-0.39, 0.29) is 5.92 Å². The Labute approximate surface area is 81.3 Å². The molecule has 0 amide bonds. The van der Waals surface area contributed by atoms with Gasteiger partial charge in [-0.25, -0.2) is 0 Å². The number of halogens is 1. The molecule has 0 atom stereocenters. The summed E-state index contributed by atoms with van der Waals surface area (Å²) >= 11 is 0. The third-order valence-electron chi connectivity index (χ3n) is 2.52. The number of hydrogen-bond donors (Lipinski definition) is 0. The molecule has 0 aromatic carbocycles. The van der Waals surface area contributed by atoms with Crippen LogP contribution in [0.1, 0.15) is 37.3 Å². The Morgan fingerprint density at radius 1 is 1.43 bits per heavy atom. The third-order valence-corrected chi connectivity index (χ3v) is 3.19. The van der Waals surface area contributed by atoms with E-state index >= 15 is 0 Å². The normalized spacial score (nSPS) is 18.9. The summed E-state index contributed by atoms with van der Waals surface area (Å²) in [5.41, 5.74) is 0.554. The molecule has 0 N–H and O–H groups in total. The van der Waals surface area contributed by atoms with Crippen LogP contribution in [0.3, 0.4) is 0 Å². The van der Waals surface area contributed by atoms with Crippen LogP contribution in [0.5, 0.6) is 0 Å². The van der Waals surface area contributed by atoms with Gasteiger partial charge in [-0.2, -0.15) is 8.42 Å². The van der Waals surface area contributed by atoms with E-state index in [1.165, 1.54) is 6.07 Å². The second kappa shape index (κ2) is 3.34. The molecular weight excluding hydrogens is 209 g/mol. The molecule has 0 saturated heterocycles. The van der Waals surface area contributed by atoms with Gasteiger partial charge in [-0.3, -0.25) is 0 Å². The highest BCUT2D eigenvalue weighted by Gasteiger charge is 2.25. The molecule has 0 spiro atoms. The van der Waals surface area contributed by atoms with Gasteiger partial charge in [-0.1, -0.05) is 21.9 Å². The van der Waals surface area contributed by atoms with Gasteiger partial charge in [0.2, 0.25) is 0 Å². The van der Waals surface area contributed by atoms with Crippen LogP contribution in [0.2, 0.25) is 0 Å². The van der Waals surface area contributed by atoms with E-state index < -0.39 is 15.3 Å². The summed E-state index contributed by atoms with van der Waals surface area (Å²) in [6, 6.07) is 1.19. The molecule has 1 heterocycles. The summed E-state index contributed by atoms with van der Waals surface area (Å²) in [5, 5.41) is 2.89. The molecule has 0 bridgehead atoms. The number of aromatic nitrogens is 1. The fourth-order valence-corrected chi connectivity index (χ4v) is 2.19. The minimum absolute atomic E-state index is 0.231. The highest BCUT2D eigenvalue weighted by molar-refractivity contribution is 7.86. The fraction of sp³-hybridized carbons (Fsp3) is 0.625. The van der Waals surface area contributed by atoms with Crippen molar-refractivity contribution in [3.8, 4) is 0 Å². The minimum atomic E-state index is -4.74. The maximum Gasteiger partial charge on any atom is 0.368 e. The highest BCUT2D eigenvalue weighted by atomic mass is 32.3. The standard InChI is InChI=1S/C8H10FNO3S/c9-14(11,12)8-5-7(10-13-8)6-3-1-2-4-6/h5-6H,1-4H2. The second-order valence-corrected chi connectivity index (χ2v) is 4.77. The lowest BCUT2D eigenvalue weighted by atomic mass is 10.1. The van der Waals surface area contributed by atoms with Gasteiger partial charge >= 0.3 is 10.2 Å². The Kier molecular flexibility index (Phi) is 2.30. The van der Waals surface area contributed by atoms with E-state index in [9.17, 15) is 12.3 Å². The van der Waals surface area contributed by atoms with E-state index in [1.807, 2.05) is 0 Å². The van der Waals surface area contributed by atoms with Gasteiger partial charge in [-0.15, -0.1) is 0 Å². The van der Waals surface area contributed by atoms with Crippen molar-refractivity contribution in [3.05, 3.63) is 11.8 Å². The second-order valence-electron chi connectivity index (χ2n) is 3.49. The SMILES string of the molecule is O=S(=O)(F)c1cc(C2CCCC2)no1. The number of nitrogens with zero attached hydrogens (tertiary/aromatic N) is 1. The van der Waals surface area contributed by atoms with E-state index in [4.69, 9.17) is 0 Å². The minimum Gasteiger partial charge on any atom is -0.341 e. The predicted molar refractivity (Wildman–Crippen MR) is 46.0 cm³/mol. The molecule has 0 radical (unpaired) electrons. The first kappa shape index (κ1) is 9.64. The maximum absolute atomic E-state index is 12.5. The summed E-state index contributed by atoms with van der Waals surface area (Å²) in [4.78, 5) is 0. The lowest BCUT2D eigenvalue weighted by Gasteiger charge is -2.00. The van der Waals surface area contributed by atoms with Gasteiger partial charge in [0.15, 0.2) is 0 Å². The summed E-state index contributed by atoms with van der Waals surface area (Å²) < 4.78 is 37.8. The molecule has 14 heavy (non-hydrogen) atoms. The van der Waals surface area contributed by atoms with Gasteiger partial charge in [0.1, 0.15) is 0 Å². The van der Waals surface area contributed by atoms with Crippen LogP contribution in [0.25, 0.3) is 0 Å². The molecule has 0 unspecified atom stereocenters. The quantitative estimate of drug-likeness (QED) is 0.713. The first-order valence-electron chi connectivity index (χ1n) is 4.48. The average molecular weight is 219 g/mol. The predicted octanol–water partition coefficient (Wildman–Crippen LogP) is 1.99. The topological polar surface area (TPSA) is 60.2 Å². The van der Waals surface area contributed by atoms with Gasteiger partial charge in [0, 0.05) is 12.0 Å². The molecule has 1 aromatic rings. The summed E-state index contributed by atoms with van der Waals surface area (Å²) in [7, 11) is -4.74. The van der Waals surface area contributed by atoms with E-state index in [1.54, 1.807) is 0 Å². The Balaban J connectivity index is 2.25. The lowest BCUT2D eigenvalue weighted by molar-refractivity contribution is 0.326. The number of hydrogen-bond acceptors (Lipinski definition) is 4. The lowest BCUT2D eigenvalue weighted by Crippen LogP contribution is -1.91. The van der Waals surface area contributed by atoms with Crippen molar-refractivity contribution in [2.75, 3.05) is 0 Å². The Bertz CT molecular complexity index is 420. The average Bonchev–Trinajstić information content (AvgIpc) is 2.73. The molecular formula is C8H10FNO3S. The van der Waals surface area contributed by atoms with Gasteiger partial charge < -0.3 is 4.52 Å². The molecule has 1 aromatic heterocycles. The van der Waals surface area contributed by atoms with E-state index in [0.29, 0.717) is 5.69 Å². The molecule has 78 valence electrons. The van der Waals surface area contributed by atoms with Gasteiger partial charge in [-0.05, 0) is 12.8 Å². The van der Waals surface area contributed by atoms with Crippen molar-refractivity contribution in [1.82, 2.24) is 5.16 Å². The summed E-state index contributed by atoms with van der Waals surface area (Å²) in [6.45, 7) is 0. The smallest absolute Gasteiger partial charge is 0.341 e. The van der Waals surface area contributed by atoms with Crippen LogP contribution in [0.4, 0.5) is 3.89 Å². The van der Waals surface area contributed by atoms with Crippen LogP contribution in [0, 0.1) is 0 Å². The third kappa shape index (κ3) is 1.79. The zero-order valence-electron chi connectivity index (χ0n) is 7.44. The zero-order chi connectivity index (χ0) is 10.2. The Morgan fingerprint density at radius 3 is 2.57 bits per heavy atom. The molecule has 2 rings (SSSR count). The summed E-state index contributed by atoms with van der Waals surface area (Å²) in [5.74, 6) is 0.231. The van der Waals surface area contributed by atoms with Crippen molar-refractivity contribution < 1.29 is 16.8 Å². The number of rotatable bonds is 2. The molecule has 1 aliphatic carbocycles. The first-order valence-corrected chi connectivity index (χ1v) is 5.87. The van der Waals surface area contributed by atoms with Crippen LogP contribution < -0.4 is 0 Å². The fourth-order valence-electron chi connectivity index (χ4n) is 1.80. The molecule has 1 fully saturated rings.